The number of nitrogens with one attached hydrogen (secondary N) is 2. The monoisotopic (exact) mass is 225 g/mol. The van der Waals surface area contributed by atoms with Gasteiger partial charge in [-0.05, 0) is 0 Å². The molecule has 0 spiro atoms. The molecule has 1 amide bonds. The van der Waals surface area contributed by atoms with Crippen LogP contribution in [0.1, 0.15) is 5.69 Å². The van der Waals surface area contributed by atoms with Gasteiger partial charge < -0.3 is 10.6 Å². The molecule has 0 bridgehead atoms. The predicted molar refractivity (Wildman–Crippen MR) is 61.9 cm³/mol. The van der Waals surface area contributed by atoms with Crippen LogP contribution in [-0.4, -0.2) is 30.5 Å². The molecule has 0 aromatic carbocycles. The Morgan fingerprint density at radius 1 is 1.67 bits per heavy atom. The Morgan fingerprint density at radius 3 is 3.20 bits per heavy atom. The Balaban J connectivity index is 2.04. The van der Waals surface area contributed by atoms with E-state index in [0.717, 1.165) is 12.1 Å². The van der Waals surface area contributed by atoms with Gasteiger partial charge in [-0.3, -0.25) is 4.79 Å². The molecule has 2 N–H and O–H groups in total. The summed E-state index contributed by atoms with van der Waals surface area (Å²) in [6.45, 7) is 5.18. The second-order valence-corrected chi connectivity index (χ2v) is 3.72. The van der Waals surface area contributed by atoms with E-state index in [4.69, 9.17) is 0 Å². The molecule has 15 heavy (non-hydrogen) atoms. The van der Waals surface area contributed by atoms with Gasteiger partial charge in [0.05, 0.1) is 17.7 Å². The first-order valence-electron chi connectivity index (χ1n) is 4.78. The van der Waals surface area contributed by atoms with Crippen molar-refractivity contribution in [2.75, 3.05) is 19.6 Å². The summed E-state index contributed by atoms with van der Waals surface area (Å²) in [5.74, 6) is 0.00656. The number of aromatic nitrogens is 1. The van der Waals surface area contributed by atoms with E-state index in [-0.39, 0.29) is 5.91 Å². The Hall–Kier alpha value is -1.20. The van der Waals surface area contributed by atoms with E-state index < -0.39 is 0 Å². The van der Waals surface area contributed by atoms with E-state index in [0.29, 0.717) is 19.6 Å². The molecule has 0 radical (unpaired) electrons. The number of rotatable bonds is 7. The molecule has 0 aliphatic carbocycles. The fourth-order valence-corrected chi connectivity index (χ4v) is 1.63. The SMILES string of the molecule is C=CCNCC(=O)NCCc1cscn1. The zero-order valence-electron chi connectivity index (χ0n) is 8.53. The molecule has 0 saturated carbocycles. The number of hydrogen-bond acceptors (Lipinski definition) is 4. The molecular weight excluding hydrogens is 210 g/mol. The summed E-state index contributed by atoms with van der Waals surface area (Å²) in [5, 5.41) is 7.73. The molecule has 82 valence electrons. The van der Waals surface area contributed by atoms with Crippen molar-refractivity contribution in [2.45, 2.75) is 6.42 Å². The van der Waals surface area contributed by atoms with Gasteiger partial charge in [0.25, 0.3) is 0 Å². The molecule has 1 heterocycles. The minimum atomic E-state index is 0.00656. The van der Waals surface area contributed by atoms with Crippen molar-refractivity contribution < 1.29 is 4.79 Å². The van der Waals surface area contributed by atoms with E-state index >= 15 is 0 Å². The normalized spacial score (nSPS) is 9.87. The van der Waals surface area contributed by atoms with Crippen molar-refractivity contribution in [1.29, 1.82) is 0 Å². The third-order valence-corrected chi connectivity index (χ3v) is 2.40. The average Bonchev–Trinajstić information content (AvgIpc) is 2.71. The molecule has 4 nitrogen and oxygen atoms in total. The van der Waals surface area contributed by atoms with Crippen LogP contribution in [0.5, 0.6) is 0 Å². The van der Waals surface area contributed by atoms with Crippen LogP contribution in [0, 0.1) is 0 Å². The Bertz CT molecular complexity index is 298. The van der Waals surface area contributed by atoms with Gasteiger partial charge in [-0.25, -0.2) is 4.98 Å². The Labute approximate surface area is 93.4 Å². The zero-order valence-corrected chi connectivity index (χ0v) is 9.35. The Morgan fingerprint density at radius 2 is 2.53 bits per heavy atom. The lowest BCUT2D eigenvalue weighted by Gasteiger charge is -2.03. The number of hydrogen-bond donors (Lipinski definition) is 2. The maximum absolute atomic E-state index is 11.2. The standard InChI is InChI=1S/C10H15N3OS/c1-2-4-11-6-10(14)12-5-3-9-7-15-8-13-9/h2,7-8,11H,1,3-6H2,(H,12,14). The van der Waals surface area contributed by atoms with Crippen molar-refractivity contribution in [1.82, 2.24) is 15.6 Å². The number of nitrogens with zero attached hydrogens (tertiary/aromatic N) is 1. The first-order chi connectivity index (χ1) is 7.33. The molecule has 0 unspecified atom stereocenters. The van der Waals surface area contributed by atoms with Crippen molar-refractivity contribution in [3.8, 4) is 0 Å². The lowest BCUT2D eigenvalue weighted by Crippen LogP contribution is -2.35. The van der Waals surface area contributed by atoms with Crippen LogP contribution in [0.15, 0.2) is 23.5 Å². The number of amides is 1. The van der Waals surface area contributed by atoms with E-state index in [2.05, 4.69) is 22.2 Å². The Kier molecular flexibility index (Phi) is 5.65. The van der Waals surface area contributed by atoms with E-state index in [1.54, 1.807) is 22.9 Å². The highest BCUT2D eigenvalue weighted by Gasteiger charge is 1.99. The fraction of sp³-hybridized carbons (Fsp3) is 0.400. The molecule has 0 atom stereocenters. The first kappa shape index (κ1) is 11.9. The quantitative estimate of drug-likeness (QED) is 0.527. The van der Waals surface area contributed by atoms with Crippen LogP contribution in [0.25, 0.3) is 0 Å². The van der Waals surface area contributed by atoms with Crippen LogP contribution in [0.3, 0.4) is 0 Å². The van der Waals surface area contributed by atoms with Crippen molar-refractivity contribution in [2.24, 2.45) is 0 Å². The summed E-state index contributed by atoms with van der Waals surface area (Å²) in [4.78, 5) is 15.3. The van der Waals surface area contributed by atoms with Crippen molar-refractivity contribution in [3.05, 3.63) is 29.2 Å². The van der Waals surface area contributed by atoms with Crippen LogP contribution in [0.2, 0.25) is 0 Å². The smallest absolute Gasteiger partial charge is 0.233 e. The molecular formula is C10H15N3OS. The number of thiazole rings is 1. The highest BCUT2D eigenvalue weighted by Crippen LogP contribution is 2.00. The molecule has 0 fully saturated rings. The maximum atomic E-state index is 11.2. The van der Waals surface area contributed by atoms with Crippen LogP contribution >= 0.6 is 11.3 Å². The fourth-order valence-electron chi connectivity index (χ4n) is 1.04. The van der Waals surface area contributed by atoms with E-state index in [9.17, 15) is 4.79 Å². The molecule has 5 heteroatoms. The third kappa shape index (κ3) is 5.29. The summed E-state index contributed by atoms with van der Waals surface area (Å²) in [5.41, 5.74) is 2.82. The lowest BCUT2D eigenvalue weighted by molar-refractivity contribution is -0.120. The highest BCUT2D eigenvalue weighted by molar-refractivity contribution is 7.07. The maximum Gasteiger partial charge on any atom is 0.233 e. The molecule has 1 aromatic rings. The summed E-state index contributed by atoms with van der Waals surface area (Å²) < 4.78 is 0. The van der Waals surface area contributed by atoms with Gasteiger partial charge >= 0.3 is 0 Å². The van der Waals surface area contributed by atoms with Crippen LogP contribution in [-0.2, 0) is 11.2 Å². The molecule has 1 aromatic heterocycles. The minimum absolute atomic E-state index is 0.00656. The number of carbonyl (C=O) groups excluding carboxylic acids is 1. The van der Waals surface area contributed by atoms with E-state index in [1.807, 2.05) is 5.38 Å². The second kappa shape index (κ2) is 7.14. The van der Waals surface area contributed by atoms with Crippen molar-refractivity contribution >= 4 is 17.2 Å². The molecule has 1 rings (SSSR count). The van der Waals surface area contributed by atoms with E-state index in [1.165, 1.54) is 0 Å². The average molecular weight is 225 g/mol. The number of carbonyl (C=O) groups is 1. The van der Waals surface area contributed by atoms with Gasteiger partial charge in [-0.1, -0.05) is 6.08 Å². The summed E-state index contributed by atoms with van der Waals surface area (Å²) in [7, 11) is 0. The predicted octanol–water partition coefficient (Wildman–Crippen LogP) is 0.577. The summed E-state index contributed by atoms with van der Waals surface area (Å²) in [6, 6.07) is 0. The minimum Gasteiger partial charge on any atom is -0.355 e. The summed E-state index contributed by atoms with van der Waals surface area (Å²) in [6.07, 6.45) is 2.51. The van der Waals surface area contributed by atoms with Crippen LogP contribution < -0.4 is 10.6 Å². The van der Waals surface area contributed by atoms with Gasteiger partial charge in [0, 0.05) is 24.9 Å². The highest BCUT2D eigenvalue weighted by atomic mass is 32.1. The largest absolute Gasteiger partial charge is 0.355 e. The lowest BCUT2D eigenvalue weighted by atomic mass is 10.3. The zero-order chi connectivity index (χ0) is 10.9. The third-order valence-electron chi connectivity index (χ3n) is 1.76. The topological polar surface area (TPSA) is 54.0 Å². The molecule has 0 saturated heterocycles. The van der Waals surface area contributed by atoms with Crippen LogP contribution in [0.4, 0.5) is 0 Å². The second-order valence-electron chi connectivity index (χ2n) is 3.00. The van der Waals surface area contributed by atoms with Gasteiger partial charge in [0.2, 0.25) is 5.91 Å². The van der Waals surface area contributed by atoms with Gasteiger partial charge in [0.15, 0.2) is 0 Å². The summed E-state index contributed by atoms with van der Waals surface area (Å²) >= 11 is 1.57. The molecule has 0 aliphatic heterocycles. The van der Waals surface area contributed by atoms with Gasteiger partial charge in [-0.2, -0.15) is 0 Å². The van der Waals surface area contributed by atoms with Gasteiger partial charge in [0.1, 0.15) is 0 Å². The van der Waals surface area contributed by atoms with Crippen molar-refractivity contribution in [3.63, 3.8) is 0 Å². The first-order valence-corrected chi connectivity index (χ1v) is 5.72. The van der Waals surface area contributed by atoms with Gasteiger partial charge in [-0.15, -0.1) is 17.9 Å². The molecule has 0 aliphatic rings.